The van der Waals surface area contributed by atoms with Crippen LogP contribution in [-0.2, 0) is 13.5 Å². The molecule has 4 aromatic heterocycles. The van der Waals surface area contributed by atoms with Gasteiger partial charge in [-0.25, -0.2) is 19.6 Å². The van der Waals surface area contributed by atoms with Gasteiger partial charge < -0.3 is 9.88 Å². The molecule has 0 aliphatic heterocycles. The Morgan fingerprint density at radius 2 is 2.12 bits per heavy atom. The second-order valence-corrected chi connectivity index (χ2v) is 10.9. The third kappa shape index (κ3) is 4.56. The smallest absolute Gasteiger partial charge is 0.280 e. The molecule has 0 radical (unpaired) electrons. The molecule has 1 aliphatic rings. The molecule has 11 heteroatoms. The first-order valence-corrected chi connectivity index (χ1v) is 12.7. The first kappa shape index (κ1) is 22.9. The van der Waals surface area contributed by atoms with Gasteiger partial charge in [0.15, 0.2) is 10.8 Å². The standard InChI is InChI=1S/C23H27ClN8OS/c1-13(2)7-20-30-17-10-25-16(21-27-12-28-31(21)3)9-18(17)32(20)15-6-4-5-14(8-15)29-22(33)23-26-11-19(24)34-23/h9-15H,4-8H2,1-3H3,(H,29,33)/t14-,15+/m0/s1. The number of aryl methyl sites for hydroxylation is 1. The lowest BCUT2D eigenvalue weighted by Crippen LogP contribution is -2.39. The van der Waals surface area contributed by atoms with Gasteiger partial charge in [-0.05, 0) is 37.7 Å². The summed E-state index contributed by atoms with van der Waals surface area (Å²) < 4.78 is 4.61. The van der Waals surface area contributed by atoms with Gasteiger partial charge in [-0.3, -0.25) is 9.78 Å². The molecule has 34 heavy (non-hydrogen) atoms. The second-order valence-electron chi connectivity index (χ2n) is 9.22. The first-order chi connectivity index (χ1) is 16.4. The Bertz CT molecular complexity index is 1330. The maximum Gasteiger partial charge on any atom is 0.280 e. The summed E-state index contributed by atoms with van der Waals surface area (Å²) in [5.74, 6) is 2.09. The number of carbonyl (C=O) groups is 1. The van der Waals surface area contributed by atoms with Crippen LogP contribution in [0.15, 0.2) is 24.8 Å². The number of carbonyl (C=O) groups excluding carboxylic acids is 1. The van der Waals surface area contributed by atoms with Crippen LogP contribution in [-0.4, -0.2) is 46.2 Å². The van der Waals surface area contributed by atoms with Crippen LogP contribution in [0.3, 0.4) is 0 Å². The second kappa shape index (κ2) is 9.42. The van der Waals surface area contributed by atoms with E-state index in [-0.39, 0.29) is 18.0 Å². The van der Waals surface area contributed by atoms with Crippen LogP contribution in [0.2, 0.25) is 4.34 Å². The van der Waals surface area contributed by atoms with E-state index < -0.39 is 0 Å². The summed E-state index contributed by atoms with van der Waals surface area (Å²) in [6, 6.07) is 2.36. The van der Waals surface area contributed by atoms with Crippen molar-refractivity contribution in [3.63, 3.8) is 0 Å². The number of nitrogens with one attached hydrogen (secondary N) is 1. The highest BCUT2D eigenvalue weighted by atomic mass is 35.5. The van der Waals surface area contributed by atoms with Gasteiger partial charge in [0, 0.05) is 25.6 Å². The van der Waals surface area contributed by atoms with Gasteiger partial charge in [-0.15, -0.1) is 0 Å². The Morgan fingerprint density at radius 1 is 1.26 bits per heavy atom. The number of rotatable bonds is 6. The SMILES string of the molecule is CC(C)Cc1nc2cnc(-c3ncnn3C)cc2n1[C@@H]1CCC[C@H](NC(=O)c2ncc(Cl)s2)C1. The number of hydrogen-bond acceptors (Lipinski definition) is 7. The lowest BCUT2D eigenvalue weighted by molar-refractivity contribution is 0.0920. The third-order valence-corrected chi connectivity index (χ3v) is 7.31. The minimum Gasteiger partial charge on any atom is -0.347 e. The minimum atomic E-state index is -0.158. The van der Waals surface area contributed by atoms with Gasteiger partial charge in [0.1, 0.15) is 27.7 Å². The van der Waals surface area contributed by atoms with Crippen molar-refractivity contribution in [1.82, 2.24) is 39.6 Å². The monoisotopic (exact) mass is 498 g/mol. The van der Waals surface area contributed by atoms with E-state index in [0.717, 1.165) is 60.5 Å². The van der Waals surface area contributed by atoms with Crippen LogP contribution in [0.25, 0.3) is 22.6 Å². The molecule has 4 aromatic rings. The number of aromatic nitrogens is 7. The summed E-state index contributed by atoms with van der Waals surface area (Å²) in [6.45, 7) is 4.41. The van der Waals surface area contributed by atoms with Crippen molar-refractivity contribution in [3.8, 4) is 11.5 Å². The van der Waals surface area contributed by atoms with E-state index >= 15 is 0 Å². The fourth-order valence-electron chi connectivity index (χ4n) is 4.75. The van der Waals surface area contributed by atoms with Crippen molar-refractivity contribution in [2.75, 3.05) is 0 Å². The van der Waals surface area contributed by atoms with E-state index in [1.165, 1.54) is 23.9 Å². The number of amides is 1. The summed E-state index contributed by atoms with van der Waals surface area (Å²) >= 11 is 7.17. The molecule has 4 heterocycles. The summed E-state index contributed by atoms with van der Waals surface area (Å²) in [5, 5.41) is 7.76. The normalized spacial score (nSPS) is 18.6. The van der Waals surface area contributed by atoms with Crippen molar-refractivity contribution in [1.29, 1.82) is 0 Å². The fraction of sp³-hybridized carbons (Fsp3) is 0.478. The number of thiazole rings is 1. The van der Waals surface area contributed by atoms with Crippen molar-refractivity contribution in [2.45, 2.75) is 58.0 Å². The Balaban J connectivity index is 1.47. The average Bonchev–Trinajstić information content (AvgIpc) is 3.51. The maximum absolute atomic E-state index is 12.7. The van der Waals surface area contributed by atoms with Crippen molar-refractivity contribution in [2.24, 2.45) is 13.0 Å². The largest absolute Gasteiger partial charge is 0.347 e. The van der Waals surface area contributed by atoms with Crippen LogP contribution >= 0.6 is 22.9 Å². The zero-order valence-corrected chi connectivity index (χ0v) is 21.0. The van der Waals surface area contributed by atoms with E-state index in [2.05, 4.69) is 49.8 Å². The molecule has 0 bridgehead atoms. The molecule has 1 saturated carbocycles. The quantitative estimate of drug-likeness (QED) is 0.421. The van der Waals surface area contributed by atoms with E-state index in [9.17, 15) is 4.79 Å². The lowest BCUT2D eigenvalue weighted by atomic mass is 9.90. The van der Waals surface area contributed by atoms with Crippen LogP contribution in [0, 0.1) is 5.92 Å². The minimum absolute atomic E-state index is 0.0679. The van der Waals surface area contributed by atoms with E-state index in [1.54, 1.807) is 4.68 Å². The first-order valence-electron chi connectivity index (χ1n) is 11.5. The molecule has 5 rings (SSSR count). The number of halogens is 1. The third-order valence-electron chi connectivity index (χ3n) is 6.20. The molecule has 178 valence electrons. The van der Waals surface area contributed by atoms with Crippen molar-refractivity contribution in [3.05, 3.63) is 40.0 Å². The van der Waals surface area contributed by atoms with Crippen molar-refractivity contribution < 1.29 is 4.79 Å². The summed E-state index contributed by atoms with van der Waals surface area (Å²) in [7, 11) is 1.86. The van der Waals surface area contributed by atoms with Gasteiger partial charge in [-0.1, -0.05) is 36.8 Å². The molecule has 1 amide bonds. The topological polar surface area (TPSA) is 103 Å². The molecule has 1 aliphatic carbocycles. The zero-order chi connectivity index (χ0) is 23.8. The highest BCUT2D eigenvalue weighted by molar-refractivity contribution is 7.17. The molecule has 0 unspecified atom stereocenters. The van der Waals surface area contributed by atoms with E-state index in [0.29, 0.717) is 15.3 Å². The van der Waals surface area contributed by atoms with E-state index in [1.807, 2.05) is 13.2 Å². The molecule has 0 spiro atoms. The number of pyridine rings is 1. The summed E-state index contributed by atoms with van der Waals surface area (Å²) in [5.41, 5.74) is 2.70. The van der Waals surface area contributed by atoms with Crippen LogP contribution < -0.4 is 5.32 Å². The number of fused-ring (bicyclic) bond motifs is 1. The molecular weight excluding hydrogens is 472 g/mol. The number of nitrogens with zero attached hydrogens (tertiary/aromatic N) is 7. The van der Waals surface area contributed by atoms with Crippen LogP contribution in [0.4, 0.5) is 0 Å². The van der Waals surface area contributed by atoms with Gasteiger partial charge in [0.05, 0.1) is 17.9 Å². The number of hydrogen-bond donors (Lipinski definition) is 1. The average molecular weight is 499 g/mol. The highest BCUT2D eigenvalue weighted by Gasteiger charge is 2.29. The van der Waals surface area contributed by atoms with Gasteiger partial charge in [0.2, 0.25) is 0 Å². The molecule has 0 saturated heterocycles. The highest BCUT2D eigenvalue weighted by Crippen LogP contribution is 2.34. The fourth-order valence-corrected chi connectivity index (χ4v) is 5.57. The molecule has 9 nitrogen and oxygen atoms in total. The maximum atomic E-state index is 12.7. The molecule has 1 fully saturated rings. The van der Waals surface area contributed by atoms with Crippen molar-refractivity contribution >= 4 is 39.9 Å². The molecule has 1 N–H and O–H groups in total. The van der Waals surface area contributed by atoms with Gasteiger partial charge in [0.25, 0.3) is 5.91 Å². The predicted molar refractivity (Wildman–Crippen MR) is 132 cm³/mol. The predicted octanol–water partition coefficient (Wildman–Crippen LogP) is 4.45. The Hall–Kier alpha value is -2.85. The Morgan fingerprint density at radius 3 is 2.82 bits per heavy atom. The molecule has 2 atom stereocenters. The van der Waals surface area contributed by atoms with Gasteiger partial charge in [-0.2, -0.15) is 5.10 Å². The Kier molecular flexibility index (Phi) is 6.35. The Labute approximate surface area is 206 Å². The zero-order valence-electron chi connectivity index (χ0n) is 19.4. The molecule has 0 aromatic carbocycles. The van der Waals surface area contributed by atoms with Gasteiger partial charge >= 0.3 is 0 Å². The summed E-state index contributed by atoms with van der Waals surface area (Å²) in [4.78, 5) is 30.7. The van der Waals surface area contributed by atoms with Crippen LogP contribution in [0.1, 0.15) is 61.2 Å². The lowest BCUT2D eigenvalue weighted by Gasteiger charge is -2.32. The van der Waals surface area contributed by atoms with Crippen LogP contribution in [0.5, 0.6) is 0 Å². The molecular formula is C23H27ClN8OS. The van der Waals surface area contributed by atoms with E-state index in [4.69, 9.17) is 16.6 Å². The number of imidazole rings is 1. The summed E-state index contributed by atoms with van der Waals surface area (Å²) in [6.07, 6.45) is 9.59.